The summed E-state index contributed by atoms with van der Waals surface area (Å²) in [6, 6.07) is 9.94. The lowest BCUT2D eigenvalue weighted by Gasteiger charge is -2.06. The Labute approximate surface area is 136 Å². The minimum Gasteiger partial charge on any atom is -0.469 e. The number of benzene rings is 1. The standard InChI is InChI=1S/C16H13ClN2O2S/c1-21-13(20)6-5-10-3-2-4-11(9-10)14-12-7-8-22-15(12)19-16(17)18-14/h2-4,7-9H,5-6H2,1H3. The van der Waals surface area contributed by atoms with Crippen molar-refractivity contribution < 1.29 is 9.53 Å². The van der Waals surface area contributed by atoms with E-state index in [4.69, 9.17) is 11.6 Å². The smallest absolute Gasteiger partial charge is 0.305 e. The molecule has 0 radical (unpaired) electrons. The lowest BCUT2D eigenvalue weighted by Crippen LogP contribution is -2.02. The Bertz CT molecular complexity index is 832. The third-order valence-corrected chi connectivity index (χ3v) is 4.32. The van der Waals surface area contributed by atoms with Crippen LogP contribution in [-0.4, -0.2) is 23.0 Å². The molecule has 0 atom stereocenters. The van der Waals surface area contributed by atoms with Gasteiger partial charge in [0.25, 0.3) is 0 Å². The molecule has 0 aliphatic heterocycles. The van der Waals surface area contributed by atoms with Gasteiger partial charge in [-0.3, -0.25) is 4.79 Å². The molecule has 0 amide bonds. The molecule has 0 spiro atoms. The number of halogens is 1. The fourth-order valence-electron chi connectivity index (χ4n) is 2.27. The molecule has 0 aliphatic carbocycles. The summed E-state index contributed by atoms with van der Waals surface area (Å²) in [6.07, 6.45) is 0.991. The van der Waals surface area contributed by atoms with Gasteiger partial charge in [-0.1, -0.05) is 18.2 Å². The van der Waals surface area contributed by atoms with Gasteiger partial charge in [0, 0.05) is 17.4 Å². The molecule has 0 saturated carbocycles. The van der Waals surface area contributed by atoms with Crippen LogP contribution in [0.5, 0.6) is 0 Å². The summed E-state index contributed by atoms with van der Waals surface area (Å²) < 4.78 is 4.67. The molecule has 22 heavy (non-hydrogen) atoms. The molecule has 0 unspecified atom stereocenters. The number of aromatic nitrogens is 2. The minimum absolute atomic E-state index is 0.212. The Morgan fingerprint density at radius 2 is 2.18 bits per heavy atom. The number of hydrogen-bond donors (Lipinski definition) is 0. The van der Waals surface area contributed by atoms with Gasteiger partial charge in [-0.15, -0.1) is 11.3 Å². The number of esters is 1. The van der Waals surface area contributed by atoms with E-state index >= 15 is 0 Å². The van der Waals surface area contributed by atoms with E-state index in [1.165, 1.54) is 18.4 Å². The lowest BCUT2D eigenvalue weighted by molar-refractivity contribution is -0.140. The molecule has 0 saturated heterocycles. The summed E-state index contributed by atoms with van der Waals surface area (Å²) in [7, 11) is 1.40. The zero-order chi connectivity index (χ0) is 15.5. The van der Waals surface area contributed by atoms with Gasteiger partial charge in [0.1, 0.15) is 4.83 Å². The summed E-state index contributed by atoms with van der Waals surface area (Å²) in [4.78, 5) is 20.7. The van der Waals surface area contributed by atoms with Crippen molar-refractivity contribution in [3.05, 3.63) is 46.6 Å². The van der Waals surface area contributed by atoms with Crippen molar-refractivity contribution in [3.8, 4) is 11.3 Å². The summed E-state index contributed by atoms with van der Waals surface area (Å²) in [6.45, 7) is 0. The van der Waals surface area contributed by atoms with Crippen LogP contribution in [0.2, 0.25) is 5.28 Å². The fraction of sp³-hybridized carbons (Fsp3) is 0.188. The molecule has 3 rings (SSSR count). The SMILES string of the molecule is COC(=O)CCc1cccc(-c2nc(Cl)nc3sccc23)c1. The number of thiophene rings is 1. The highest BCUT2D eigenvalue weighted by Crippen LogP contribution is 2.30. The number of rotatable bonds is 4. The van der Waals surface area contributed by atoms with E-state index < -0.39 is 0 Å². The molecular weight excluding hydrogens is 320 g/mol. The van der Waals surface area contributed by atoms with Crippen LogP contribution >= 0.6 is 22.9 Å². The van der Waals surface area contributed by atoms with Gasteiger partial charge in [0.15, 0.2) is 0 Å². The molecule has 0 fully saturated rings. The number of carbonyl (C=O) groups is 1. The first-order valence-electron chi connectivity index (χ1n) is 6.74. The van der Waals surface area contributed by atoms with E-state index in [2.05, 4.69) is 14.7 Å². The second-order valence-electron chi connectivity index (χ2n) is 4.76. The molecule has 4 nitrogen and oxygen atoms in total. The van der Waals surface area contributed by atoms with Crippen LogP contribution in [-0.2, 0) is 16.0 Å². The molecule has 6 heteroatoms. The van der Waals surface area contributed by atoms with Crippen LogP contribution in [0, 0.1) is 0 Å². The third kappa shape index (κ3) is 3.10. The van der Waals surface area contributed by atoms with Crippen molar-refractivity contribution in [2.45, 2.75) is 12.8 Å². The van der Waals surface area contributed by atoms with E-state index in [0.717, 1.165) is 27.0 Å². The predicted molar refractivity (Wildman–Crippen MR) is 88.2 cm³/mol. The van der Waals surface area contributed by atoms with Gasteiger partial charge in [0.05, 0.1) is 12.8 Å². The molecule has 2 heterocycles. The first-order chi connectivity index (χ1) is 10.7. The van der Waals surface area contributed by atoms with E-state index in [9.17, 15) is 4.79 Å². The normalized spacial score (nSPS) is 10.8. The van der Waals surface area contributed by atoms with Crippen molar-refractivity contribution >= 4 is 39.1 Å². The number of ether oxygens (including phenoxy) is 1. The highest BCUT2D eigenvalue weighted by molar-refractivity contribution is 7.16. The largest absolute Gasteiger partial charge is 0.469 e. The fourth-order valence-corrected chi connectivity index (χ4v) is 3.26. The Kier molecular flexibility index (Phi) is 4.36. The number of methoxy groups -OCH3 is 1. The van der Waals surface area contributed by atoms with E-state index in [1.54, 1.807) is 0 Å². The van der Waals surface area contributed by atoms with Crippen molar-refractivity contribution in [2.75, 3.05) is 7.11 Å². The maximum Gasteiger partial charge on any atom is 0.305 e. The number of hydrogen-bond acceptors (Lipinski definition) is 5. The molecule has 3 aromatic rings. The quantitative estimate of drug-likeness (QED) is 0.532. The Morgan fingerprint density at radius 1 is 1.32 bits per heavy atom. The van der Waals surface area contributed by atoms with E-state index in [0.29, 0.717) is 12.8 Å². The van der Waals surface area contributed by atoms with Crippen LogP contribution in [0.4, 0.5) is 0 Å². The van der Waals surface area contributed by atoms with Crippen molar-refractivity contribution in [2.24, 2.45) is 0 Å². The lowest BCUT2D eigenvalue weighted by atomic mass is 10.0. The first-order valence-corrected chi connectivity index (χ1v) is 8.00. The molecule has 1 aromatic carbocycles. The van der Waals surface area contributed by atoms with Crippen LogP contribution < -0.4 is 0 Å². The van der Waals surface area contributed by atoms with Crippen molar-refractivity contribution in [1.82, 2.24) is 9.97 Å². The van der Waals surface area contributed by atoms with Crippen LogP contribution in [0.1, 0.15) is 12.0 Å². The predicted octanol–water partition coefficient (Wildman–Crippen LogP) is 4.12. The molecular formula is C16H13ClN2O2S. The first kappa shape index (κ1) is 14.9. The zero-order valence-corrected chi connectivity index (χ0v) is 13.4. The molecule has 0 bridgehead atoms. The van der Waals surface area contributed by atoms with Gasteiger partial charge < -0.3 is 4.74 Å². The number of aryl methyl sites for hydroxylation is 1. The zero-order valence-electron chi connectivity index (χ0n) is 11.9. The van der Waals surface area contributed by atoms with Crippen LogP contribution in [0.25, 0.3) is 21.5 Å². The minimum atomic E-state index is -0.212. The average molecular weight is 333 g/mol. The molecule has 0 N–H and O–H groups in total. The highest BCUT2D eigenvalue weighted by Gasteiger charge is 2.11. The average Bonchev–Trinajstić information content (AvgIpc) is 3.00. The molecule has 2 aromatic heterocycles. The summed E-state index contributed by atoms with van der Waals surface area (Å²) in [5.74, 6) is -0.212. The van der Waals surface area contributed by atoms with Gasteiger partial charge in [0.2, 0.25) is 5.28 Å². The second kappa shape index (κ2) is 6.42. The maximum atomic E-state index is 11.3. The Hall–Kier alpha value is -1.98. The van der Waals surface area contributed by atoms with Gasteiger partial charge >= 0.3 is 5.97 Å². The number of nitrogens with zero attached hydrogens (tertiary/aromatic N) is 2. The monoisotopic (exact) mass is 332 g/mol. The number of fused-ring (bicyclic) bond motifs is 1. The summed E-state index contributed by atoms with van der Waals surface area (Å²) >= 11 is 7.55. The summed E-state index contributed by atoms with van der Waals surface area (Å²) in [5, 5.41) is 3.20. The third-order valence-electron chi connectivity index (χ3n) is 3.34. The Balaban J connectivity index is 1.97. The van der Waals surface area contributed by atoms with Crippen molar-refractivity contribution in [3.63, 3.8) is 0 Å². The van der Waals surface area contributed by atoms with Crippen molar-refractivity contribution in [1.29, 1.82) is 0 Å². The summed E-state index contributed by atoms with van der Waals surface area (Å²) in [5.41, 5.74) is 2.84. The second-order valence-corrected chi connectivity index (χ2v) is 5.99. The molecule has 112 valence electrons. The van der Waals surface area contributed by atoms with Crippen LogP contribution in [0.3, 0.4) is 0 Å². The van der Waals surface area contributed by atoms with E-state index in [-0.39, 0.29) is 11.3 Å². The maximum absolute atomic E-state index is 11.3. The van der Waals surface area contributed by atoms with Crippen LogP contribution in [0.15, 0.2) is 35.7 Å². The topological polar surface area (TPSA) is 52.1 Å². The van der Waals surface area contributed by atoms with E-state index in [1.807, 2.05) is 35.7 Å². The number of carbonyl (C=O) groups excluding carboxylic acids is 1. The molecule has 0 aliphatic rings. The van der Waals surface area contributed by atoms with Gasteiger partial charge in [-0.05, 0) is 41.1 Å². The van der Waals surface area contributed by atoms with Gasteiger partial charge in [-0.25, -0.2) is 9.97 Å². The Morgan fingerprint density at radius 3 is 3.00 bits per heavy atom. The highest BCUT2D eigenvalue weighted by atomic mass is 35.5. The van der Waals surface area contributed by atoms with Gasteiger partial charge in [-0.2, -0.15) is 0 Å².